The molecule has 20 heavy (non-hydrogen) atoms. The molecule has 1 amide bonds. The Hall–Kier alpha value is -2.08. The Morgan fingerprint density at radius 2 is 2.00 bits per heavy atom. The van der Waals surface area contributed by atoms with E-state index >= 15 is 0 Å². The number of carbonyl (C=O) groups excluding carboxylic acids is 2. The zero-order valence-electron chi connectivity index (χ0n) is 10.1. The maximum Gasteiger partial charge on any atom is 0.299 e. The number of fused-ring (bicyclic) bond motifs is 1. The molecule has 4 nitrogen and oxygen atoms in total. The van der Waals surface area contributed by atoms with Crippen molar-refractivity contribution < 1.29 is 14.0 Å². The zero-order chi connectivity index (χ0) is 14.3. The molecule has 6 heteroatoms. The molecule has 0 N–H and O–H groups in total. The minimum Gasteiger partial charge on any atom is -0.300 e. The largest absolute Gasteiger partial charge is 0.300 e. The van der Waals surface area contributed by atoms with Gasteiger partial charge in [0, 0.05) is 16.9 Å². The molecule has 0 aliphatic carbocycles. The van der Waals surface area contributed by atoms with E-state index in [1.165, 1.54) is 17.0 Å². The number of nitrogens with zero attached hydrogens (tertiary/aromatic N) is 2. The number of halogens is 2. The summed E-state index contributed by atoms with van der Waals surface area (Å²) in [5.41, 5.74) is 1.32. The number of ketones is 1. The molecule has 1 aromatic carbocycles. The fourth-order valence-electron chi connectivity index (χ4n) is 2.15. The normalized spacial score (nSPS) is 13.8. The molecular formula is C14H8BrFN2O2. The number of anilines is 1. The summed E-state index contributed by atoms with van der Waals surface area (Å²) in [7, 11) is 0. The quantitative estimate of drug-likeness (QED) is 0.793. The van der Waals surface area contributed by atoms with E-state index in [0.29, 0.717) is 5.69 Å². The van der Waals surface area contributed by atoms with Gasteiger partial charge in [-0.05, 0) is 45.8 Å². The van der Waals surface area contributed by atoms with Crippen molar-refractivity contribution in [2.24, 2.45) is 0 Å². The first kappa shape index (κ1) is 12.9. The van der Waals surface area contributed by atoms with E-state index in [9.17, 15) is 14.0 Å². The van der Waals surface area contributed by atoms with Gasteiger partial charge in [0.1, 0.15) is 5.82 Å². The van der Waals surface area contributed by atoms with Crippen LogP contribution in [-0.4, -0.2) is 16.7 Å². The van der Waals surface area contributed by atoms with E-state index in [-0.39, 0.29) is 12.1 Å². The number of aromatic nitrogens is 1. The number of pyridine rings is 1. The van der Waals surface area contributed by atoms with Crippen molar-refractivity contribution in [2.45, 2.75) is 6.54 Å². The lowest BCUT2D eigenvalue weighted by Gasteiger charge is -2.16. The van der Waals surface area contributed by atoms with Crippen molar-refractivity contribution in [3.63, 3.8) is 0 Å². The Labute approximate surface area is 122 Å². The van der Waals surface area contributed by atoms with Gasteiger partial charge in [-0.3, -0.25) is 14.6 Å². The number of amides is 1. The van der Waals surface area contributed by atoms with Crippen LogP contribution in [0, 0.1) is 5.82 Å². The van der Waals surface area contributed by atoms with Gasteiger partial charge in [-0.2, -0.15) is 0 Å². The third-order valence-corrected chi connectivity index (χ3v) is 3.47. The Morgan fingerprint density at radius 3 is 2.75 bits per heavy atom. The molecule has 0 unspecified atom stereocenters. The van der Waals surface area contributed by atoms with Crippen molar-refractivity contribution >= 4 is 33.3 Å². The van der Waals surface area contributed by atoms with Crippen molar-refractivity contribution in [3.8, 4) is 0 Å². The second-order valence-corrected chi connectivity index (χ2v) is 5.31. The molecular weight excluding hydrogens is 327 g/mol. The van der Waals surface area contributed by atoms with Crippen LogP contribution in [0.15, 0.2) is 41.1 Å². The van der Waals surface area contributed by atoms with Crippen LogP contribution in [0.5, 0.6) is 0 Å². The molecule has 1 aromatic heterocycles. The van der Waals surface area contributed by atoms with Gasteiger partial charge in [0.25, 0.3) is 11.7 Å². The van der Waals surface area contributed by atoms with E-state index in [4.69, 9.17) is 0 Å². The third-order valence-electron chi connectivity index (χ3n) is 3.04. The predicted molar refractivity (Wildman–Crippen MR) is 73.9 cm³/mol. The zero-order valence-corrected chi connectivity index (χ0v) is 11.7. The second kappa shape index (κ2) is 4.79. The Morgan fingerprint density at radius 1 is 1.20 bits per heavy atom. The van der Waals surface area contributed by atoms with Crippen LogP contribution in [0.25, 0.3) is 0 Å². The van der Waals surface area contributed by atoms with E-state index < -0.39 is 17.5 Å². The summed E-state index contributed by atoms with van der Waals surface area (Å²) in [6.45, 7) is 0.218. The summed E-state index contributed by atoms with van der Waals surface area (Å²) in [6.07, 6.45) is 3.24. The Balaban J connectivity index is 1.99. The van der Waals surface area contributed by atoms with E-state index in [1.807, 2.05) is 6.07 Å². The minimum absolute atomic E-state index is 0.109. The van der Waals surface area contributed by atoms with Gasteiger partial charge in [0.15, 0.2) is 0 Å². The predicted octanol–water partition coefficient (Wildman–Crippen LogP) is 2.71. The highest BCUT2D eigenvalue weighted by Gasteiger charge is 2.36. The fraction of sp³-hybridized carbons (Fsp3) is 0.0714. The lowest BCUT2D eigenvalue weighted by molar-refractivity contribution is -0.114. The van der Waals surface area contributed by atoms with Gasteiger partial charge in [-0.15, -0.1) is 0 Å². The lowest BCUT2D eigenvalue weighted by atomic mass is 10.1. The highest BCUT2D eigenvalue weighted by atomic mass is 79.9. The first-order chi connectivity index (χ1) is 9.56. The van der Waals surface area contributed by atoms with Crippen molar-refractivity contribution in [1.29, 1.82) is 0 Å². The summed E-state index contributed by atoms with van der Waals surface area (Å²) >= 11 is 3.30. The molecule has 0 bridgehead atoms. The molecule has 0 saturated heterocycles. The summed E-state index contributed by atoms with van der Waals surface area (Å²) in [6, 6.07) is 5.58. The molecule has 2 aromatic rings. The van der Waals surface area contributed by atoms with Gasteiger partial charge in [0.05, 0.1) is 17.8 Å². The molecule has 0 fully saturated rings. The highest BCUT2D eigenvalue weighted by molar-refractivity contribution is 9.10. The number of benzene rings is 1. The number of carbonyl (C=O) groups is 2. The second-order valence-electron chi connectivity index (χ2n) is 4.39. The SMILES string of the molecule is O=C1C(=O)N(Cc2cncc(Br)c2)c2ccc(F)cc21. The van der Waals surface area contributed by atoms with Crippen LogP contribution in [0.4, 0.5) is 10.1 Å². The third kappa shape index (κ3) is 2.12. The molecule has 0 atom stereocenters. The van der Waals surface area contributed by atoms with E-state index in [2.05, 4.69) is 20.9 Å². The average Bonchev–Trinajstić information content (AvgIpc) is 2.64. The van der Waals surface area contributed by atoms with Crippen LogP contribution in [0.1, 0.15) is 15.9 Å². The number of rotatable bonds is 2. The van der Waals surface area contributed by atoms with Gasteiger partial charge < -0.3 is 4.90 Å². The first-order valence-corrected chi connectivity index (χ1v) is 6.61. The first-order valence-electron chi connectivity index (χ1n) is 5.81. The summed E-state index contributed by atoms with van der Waals surface area (Å²) < 4.78 is 14.0. The smallest absolute Gasteiger partial charge is 0.299 e. The summed E-state index contributed by atoms with van der Waals surface area (Å²) in [5.74, 6) is -1.86. The van der Waals surface area contributed by atoms with Crippen molar-refractivity contribution in [2.75, 3.05) is 4.90 Å². The molecule has 1 aliphatic rings. The van der Waals surface area contributed by atoms with E-state index in [0.717, 1.165) is 16.1 Å². The van der Waals surface area contributed by atoms with Crippen LogP contribution < -0.4 is 4.90 Å². The highest BCUT2D eigenvalue weighted by Crippen LogP contribution is 2.30. The Kier molecular flexibility index (Phi) is 3.10. The maximum absolute atomic E-state index is 13.2. The molecule has 0 spiro atoms. The number of hydrogen-bond donors (Lipinski definition) is 0. The van der Waals surface area contributed by atoms with Gasteiger partial charge in [0.2, 0.25) is 0 Å². The van der Waals surface area contributed by atoms with Crippen LogP contribution in [0.2, 0.25) is 0 Å². The fourth-order valence-corrected chi connectivity index (χ4v) is 2.57. The molecule has 3 rings (SSSR count). The molecule has 1 aliphatic heterocycles. The maximum atomic E-state index is 13.2. The molecule has 2 heterocycles. The molecule has 100 valence electrons. The van der Waals surface area contributed by atoms with Crippen LogP contribution in [0.3, 0.4) is 0 Å². The monoisotopic (exact) mass is 334 g/mol. The average molecular weight is 335 g/mol. The van der Waals surface area contributed by atoms with E-state index in [1.54, 1.807) is 12.4 Å². The van der Waals surface area contributed by atoms with Crippen molar-refractivity contribution in [1.82, 2.24) is 4.98 Å². The summed E-state index contributed by atoms with van der Waals surface area (Å²) in [4.78, 5) is 29.2. The molecule has 0 saturated carbocycles. The Bertz CT molecular complexity index is 733. The topological polar surface area (TPSA) is 50.3 Å². The van der Waals surface area contributed by atoms with Crippen molar-refractivity contribution in [3.05, 3.63) is 58.1 Å². The minimum atomic E-state index is -0.678. The van der Waals surface area contributed by atoms with Gasteiger partial charge >= 0.3 is 0 Å². The number of hydrogen-bond acceptors (Lipinski definition) is 3. The molecule has 0 radical (unpaired) electrons. The van der Waals surface area contributed by atoms with Crippen LogP contribution in [-0.2, 0) is 11.3 Å². The van der Waals surface area contributed by atoms with Gasteiger partial charge in [-0.1, -0.05) is 0 Å². The lowest BCUT2D eigenvalue weighted by Crippen LogP contribution is -2.29. The van der Waals surface area contributed by atoms with Crippen LogP contribution >= 0.6 is 15.9 Å². The standard InChI is InChI=1S/C14H8BrFN2O2/c15-9-3-8(5-17-6-9)7-18-12-2-1-10(16)4-11(12)13(19)14(18)20/h1-6H,7H2. The summed E-state index contributed by atoms with van der Waals surface area (Å²) in [5, 5.41) is 0. The van der Waals surface area contributed by atoms with Gasteiger partial charge in [-0.25, -0.2) is 4.39 Å². The number of Topliss-reactive ketones (excluding diaryl/α,β-unsaturated/α-hetero) is 1.